The molecule has 0 bridgehead atoms. The molecule has 0 aliphatic carbocycles. The van der Waals surface area contributed by atoms with E-state index in [0.29, 0.717) is 5.69 Å². The van der Waals surface area contributed by atoms with Gasteiger partial charge in [-0.3, -0.25) is 4.98 Å². The van der Waals surface area contributed by atoms with Crippen LogP contribution in [0.15, 0.2) is 73.1 Å². The van der Waals surface area contributed by atoms with Crippen molar-refractivity contribution in [3.05, 3.63) is 90.3 Å². The molecule has 6 nitrogen and oxygen atoms in total. The van der Waals surface area contributed by atoms with Gasteiger partial charge >= 0.3 is 6.18 Å². The van der Waals surface area contributed by atoms with Gasteiger partial charge in [0.25, 0.3) is 0 Å². The molecule has 0 unspecified atom stereocenters. The van der Waals surface area contributed by atoms with E-state index in [2.05, 4.69) is 25.9 Å². The van der Waals surface area contributed by atoms with E-state index in [1.54, 1.807) is 23.0 Å². The average Bonchev–Trinajstić information content (AvgIpc) is 3.23. The first-order valence-corrected chi connectivity index (χ1v) is 9.18. The van der Waals surface area contributed by atoms with Crippen molar-refractivity contribution in [3.63, 3.8) is 0 Å². The summed E-state index contributed by atoms with van der Waals surface area (Å²) < 4.78 is 52.9. The molecule has 0 aliphatic rings. The molecule has 31 heavy (non-hydrogen) atoms. The second-order valence-corrected chi connectivity index (χ2v) is 6.62. The number of halogens is 4. The third-order valence-electron chi connectivity index (χ3n) is 4.31. The molecule has 0 fully saturated rings. The van der Waals surface area contributed by atoms with Crippen molar-refractivity contribution in [3.8, 4) is 5.69 Å². The zero-order valence-electron chi connectivity index (χ0n) is 15.9. The molecule has 2 aromatic heterocycles. The number of benzene rings is 2. The van der Waals surface area contributed by atoms with Gasteiger partial charge in [-0.1, -0.05) is 11.3 Å². The fraction of sp³-hybridized carbons (Fsp3) is 0.0952. The highest BCUT2D eigenvalue weighted by atomic mass is 19.4. The van der Waals surface area contributed by atoms with Gasteiger partial charge in [-0.15, -0.1) is 5.10 Å². The second kappa shape index (κ2) is 8.42. The zero-order chi connectivity index (χ0) is 21.8. The number of pyridine rings is 1. The second-order valence-electron chi connectivity index (χ2n) is 6.62. The van der Waals surface area contributed by atoms with E-state index in [0.717, 1.165) is 29.3 Å². The van der Waals surface area contributed by atoms with Crippen LogP contribution in [0.4, 0.5) is 34.6 Å². The van der Waals surface area contributed by atoms with Crippen LogP contribution in [-0.2, 0) is 12.7 Å². The Morgan fingerprint density at radius 3 is 2.48 bits per heavy atom. The lowest BCUT2D eigenvalue weighted by atomic mass is 10.2. The van der Waals surface area contributed by atoms with Crippen molar-refractivity contribution in [1.82, 2.24) is 20.0 Å². The van der Waals surface area contributed by atoms with Crippen LogP contribution < -0.4 is 10.6 Å². The molecular weight excluding hydrogens is 412 g/mol. The van der Waals surface area contributed by atoms with Gasteiger partial charge in [0.05, 0.1) is 18.4 Å². The fourth-order valence-corrected chi connectivity index (χ4v) is 2.82. The van der Waals surface area contributed by atoms with Crippen LogP contribution in [0.1, 0.15) is 11.4 Å². The van der Waals surface area contributed by atoms with Crippen molar-refractivity contribution in [2.75, 3.05) is 10.6 Å². The lowest BCUT2D eigenvalue weighted by Crippen LogP contribution is -2.09. The number of alkyl halides is 3. The van der Waals surface area contributed by atoms with Gasteiger partial charge in [0.15, 0.2) is 0 Å². The van der Waals surface area contributed by atoms with Gasteiger partial charge in [0, 0.05) is 23.3 Å². The molecule has 0 saturated heterocycles. The maximum absolute atomic E-state index is 13.1. The molecule has 0 atom stereocenters. The molecule has 0 saturated carbocycles. The summed E-state index contributed by atoms with van der Waals surface area (Å²) in [5, 5.41) is 14.2. The minimum Gasteiger partial charge on any atom is -0.379 e. The molecule has 4 rings (SSSR count). The maximum atomic E-state index is 13.1. The van der Waals surface area contributed by atoms with E-state index in [9.17, 15) is 17.6 Å². The SMILES string of the molecule is Fc1ccc(Nc2cccc(-n3cc(CNc4ccnc(C(F)(F)F)c4)nn3)c2)cc1. The summed E-state index contributed by atoms with van der Waals surface area (Å²) in [6.45, 7) is 0.189. The highest BCUT2D eigenvalue weighted by Crippen LogP contribution is 2.29. The molecule has 0 aliphatic heterocycles. The number of hydrogen-bond acceptors (Lipinski definition) is 5. The lowest BCUT2D eigenvalue weighted by molar-refractivity contribution is -0.141. The maximum Gasteiger partial charge on any atom is 0.433 e. The minimum atomic E-state index is -4.51. The van der Waals surface area contributed by atoms with Gasteiger partial charge in [0.1, 0.15) is 17.2 Å². The number of hydrogen-bond donors (Lipinski definition) is 2. The lowest BCUT2D eigenvalue weighted by Gasteiger charge is -2.09. The van der Waals surface area contributed by atoms with Crippen LogP contribution in [0, 0.1) is 5.82 Å². The third-order valence-corrected chi connectivity index (χ3v) is 4.31. The summed E-state index contributed by atoms with van der Waals surface area (Å²) in [5.41, 5.74) is 2.10. The standard InChI is InChI=1S/C21H16F4N6/c22-14-4-6-15(7-5-14)28-17-2-1-3-19(10-17)31-13-18(29-30-31)12-27-16-8-9-26-20(11-16)21(23,24)25/h1-11,13,28H,12H2,(H,26,27). The van der Waals surface area contributed by atoms with Gasteiger partial charge < -0.3 is 10.6 Å². The average molecular weight is 428 g/mol. The van der Waals surface area contributed by atoms with Crippen LogP contribution in [0.25, 0.3) is 5.69 Å². The molecule has 4 aromatic rings. The number of anilines is 3. The van der Waals surface area contributed by atoms with Crippen molar-refractivity contribution in [2.24, 2.45) is 0 Å². The summed E-state index contributed by atoms with van der Waals surface area (Å²) >= 11 is 0. The van der Waals surface area contributed by atoms with E-state index in [1.165, 1.54) is 18.2 Å². The van der Waals surface area contributed by atoms with Crippen LogP contribution >= 0.6 is 0 Å². The molecule has 10 heteroatoms. The smallest absolute Gasteiger partial charge is 0.379 e. The van der Waals surface area contributed by atoms with Crippen LogP contribution in [0.5, 0.6) is 0 Å². The van der Waals surface area contributed by atoms with E-state index in [4.69, 9.17) is 0 Å². The van der Waals surface area contributed by atoms with E-state index in [1.807, 2.05) is 24.3 Å². The van der Waals surface area contributed by atoms with Crippen LogP contribution in [0.2, 0.25) is 0 Å². The van der Waals surface area contributed by atoms with Gasteiger partial charge in [0.2, 0.25) is 0 Å². The summed E-state index contributed by atoms with van der Waals surface area (Å²) in [4.78, 5) is 3.33. The van der Waals surface area contributed by atoms with Crippen molar-refractivity contribution < 1.29 is 17.6 Å². The van der Waals surface area contributed by atoms with Crippen molar-refractivity contribution in [1.29, 1.82) is 0 Å². The molecule has 158 valence electrons. The molecular formula is C21H16F4N6. The number of aromatic nitrogens is 4. The Hall–Kier alpha value is -3.95. The van der Waals surface area contributed by atoms with E-state index in [-0.39, 0.29) is 18.0 Å². The number of nitrogens with zero attached hydrogens (tertiary/aromatic N) is 4. The highest BCUT2D eigenvalue weighted by molar-refractivity contribution is 5.62. The Kier molecular flexibility index (Phi) is 5.52. The number of rotatable bonds is 6. The minimum absolute atomic E-state index is 0.189. The first kappa shape index (κ1) is 20.3. The van der Waals surface area contributed by atoms with Gasteiger partial charge in [-0.2, -0.15) is 13.2 Å². The Balaban J connectivity index is 1.43. The fourth-order valence-electron chi connectivity index (χ4n) is 2.82. The summed E-state index contributed by atoms with van der Waals surface area (Å²) in [6.07, 6.45) is -1.73. The Morgan fingerprint density at radius 1 is 0.903 bits per heavy atom. The Bertz CT molecular complexity index is 1170. The first-order chi connectivity index (χ1) is 14.9. The van der Waals surface area contributed by atoms with E-state index >= 15 is 0 Å². The third kappa shape index (κ3) is 5.16. The molecule has 0 radical (unpaired) electrons. The Morgan fingerprint density at radius 2 is 1.71 bits per heavy atom. The predicted octanol–water partition coefficient (Wildman–Crippen LogP) is 5.18. The summed E-state index contributed by atoms with van der Waals surface area (Å²) in [6, 6.07) is 15.7. The quantitative estimate of drug-likeness (QED) is 0.415. The van der Waals surface area contributed by atoms with Crippen LogP contribution in [-0.4, -0.2) is 20.0 Å². The highest BCUT2D eigenvalue weighted by Gasteiger charge is 2.32. The normalized spacial score (nSPS) is 11.4. The van der Waals surface area contributed by atoms with Gasteiger partial charge in [-0.05, 0) is 54.6 Å². The number of nitrogens with one attached hydrogen (secondary N) is 2. The van der Waals surface area contributed by atoms with E-state index < -0.39 is 11.9 Å². The van der Waals surface area contributed by atoms with Gasteiger partial charge in [-0.25, -0.2) is 9.07 Å². The largest absolute Gasteiger partial charge is 0.433 e. The molecule has 2 aromatic carbocycles. The van der Waals surface area contributed by atoms with Crippen molar-refractivity contribution >= 4 is 17.1 Å². The molecule has 0 amide bonds. The molecule has 0 spiro atoms. The Labute approximate surface area is 174 Å². The first-order valence-electron chi connectivity index (χ1n) is 9.18. The van der Waals surface area contributed by atoms with Crippen LogP contribution in [0.3, 0.4) is 0 Å². The summed E-state index contributed by atoms with van der Waals surface area (Å²) in [7, 11) is 0. The molecule has 2 heterocycles. The zero-order valence-corrected chi connectivity index (χ0v) is 15.9. The summed E-state index contributed by atoms with van der Waals surface area (Å²) in [5.74, 6) is -0.315. The monoisotopic (exact) mass is 428 g/mol. The van der Waals surface area contributed by atoms with Crippen molar-refractivity contribution in [2.45, 2.75) is 12.7 Å². The topological polar surface area (TPSA) is 67.7 Å². The molecule has 2 N–H and O–H groups in total. The predicted molar refractivity (Wildman–Crippen MR) is 108 cm³/mol.